The highest BCUT2D eigenvalue weighted by molar-refractivity contribution is 6.30. The number of nitro groups is 1. The van der Waals surface area contributed by atoms with Crippen LogP contribution >= 0.6 is 11.6 Å². The standard InChI is InChI=1S/C17H12ClN3O5/c1-26-15-8-10(7-14(16(15)22)21(24)25)6-11(9-19)17(23)20-13-4-2-12(18)3-5-13/h2-8,22H,1H3,(H,20,23)/p-1/b11-6+. The van der Waals surface area contributed by atoms with E-state index in [0.29, 0.717) is 10.7 Å². The first kappa shape index (κ1) is 18.8. The quantitative estimate of drug-likeness (QED) is 0.372. The van der Waals surface area contributed by atoms with E-state index >= 15 is 0 Å². The molecule has 0 heterocycles. The van der Waals surface area contributed by atoms with E-state index in [9.17, 15) is 25.3 Å². The van der Waals surface area contributed by atoms with Crippen LogP contribution in [0.2, 0.25) is 5.02 Å². The predicted molar refractivity (Wildman–Crippen MR) is 92.8 cm³/mol. The highest BCUT2D eigenvalue weighted by atomic mass is 35.5. The van der Waals surface area contributed by atoms with E-state index in [0.717, 1.165) is 12.1 Å². The van der Waals surface area contributed by atoms with Crippen molar-refractivity contribution in [3.05, 3.63) is 62.7 Å². The minimum atomic E-state index is -0.890. The van der Waals surface area contributed by atoms with Crippen LogP contribution < -0.4 is 15.2 Å². The number of anilines is 1. The van der Waals surface area contributed by atoms with Crippen LogP contribution in [0.4, 0.5) is 11.4 Å². The van der Waals surface area contributed by atoms with Crippen molar-refractivity contribution in [1.29, 1.82) is 5.26 Å². The number of nitrogens with one attached hydrogen (secondary N) is 1. The van der Waals surface area contributed by atoms with Gasteiger partial charge in [0.15, 0.2) is 0 Å². The topological polar surface area (TPSA) is 128 Å². The molecule has 0 fully saturated rings. The summed E-state index contributed by atoms with van der Waals surface area (Å²) in [5.41, 5.74) is -0.504. The number of halogens is 1. The van der Waals surface area contributed by atoms with E-state index in [1.54, 1.807) is 30.3 Å². The van der Waals surface area contributed by atoms with Gasteiger partial charge in [-0.2, -0.15) is 5.26 Å². The van der Waals surface area contributed by atoms with Crippen LogP contribution in [0.5, 0.6) is 11.5 Å². The number of nitriles is 1. The molecule has 1 N–H and O–H groups in total. The van der Waals surface area contributed by atoms with Gasteiger partial charge in [0.25, 0.3) is 11.6 Å². The minimum Gasteiger partial charge on any atom is -0.865 e. The number of carbonyl (C=O) groups is 1. The maximum Gasteiger partial charge on any atom is 0.266 e. The van der Waals surface area contributed by atoms with Gasteiger partial charge in [0, 0.05) is 22.5 Å². The molecule has 0 atom stereocenters. The van der Waals surface area contributed by atoms with E-state index in [1.165, 1.54) is 13.2 Å². The lowest BCUT2D eigenvalue weighted by Crippen LogP contribution is -2.13. The first-order chi connectivity index (χ1) is 12.3. The highest BCUT2D eigenvalue weighted by Crippen LogP contribution is 2.35. The molecule has 8 nitrogen and oxygen atoms in total. The molecule has 1 amide bonds. The normalized spacial score (nSPS) is 10.7. The zero-order valence-electron chi connectivity index (χ0n) is 13.4. The Kier molecular flexibility index (Phi) is 5.78. The number of methoxy groups -OCH3 is 1. The monoisotopic (exact) mass is 372 g/mol. The number of carbonyl (C=O) groups excluding carboxylic acids is 1. The van der Waals surface area contributed by atoms with Gasteiger partial charge in [-0.25, -0.2) is 0 Å². The Morgan fingerprint density at radius 1 is 1.35 bits per heavy atom. The zero-order chi connectivity index (χ0) is 19.3. The lowest BCUT2D eigenvalue weighted by atomic mass is 10.1. The van der Waals surface area contributed by atoms with Crippen LogP contribution in [0.1, 0.15) is 5.56 Å². The number of ether oxygens (including phenoxy) is 1. The summed E-state index contributed by atoms with van der Waals surface area (Å²) in [7, 11) is 1.19. The van der Waals surface area contributed by atoms with Crippen molar-refractivity contribution in [2.24, 2.45) is 0 Å². The van der Waals surface area contributed by atoms with Crippen LogP contribution in [0.25, 0.3) is 6.08 Å². The van der Waals surface area contributed by atoms with Crippen molar-refractivity contribution in [1.82, 2.24) is 0 Å². The second-order valence-electron chi connectivity index (χ2n) is 4.96. The van der Waals surface area contributed by atoms with Crippen molar-refractivity contribution in [3.63, 3.8) is 0 Å². The smallest absolute Gasteiger partial charge is 0.266 e. The molecule has 0 aromatic heterocycles. The third-order valence-electron chi connectivity index (χ3n) is 3.25. The summed E-state index contributed by atoms with van der Waals surface area (Å²) in [6, 6.07) is 10.1. The van der Waals surface area contributed by atoms with E-state index in [4.69, 9.17) is 16.3 Å². The predicted octanol–water partition coefficient (Wildman–Crippen LogP) is 2.88. The number of hydrogen-bond acceptors (Lipinski definition) is 6. The molecule has 0 aliphatic heterocycles. The van der Waals surface area contributed by atoms with Crippen molar-refractivity contribution >= 4 is 35.0 Å². The molecule has 0 aliphatic rings. The third-order valence-corrected chi connectivity index (χ3v) is 3.50. The fourth-order valence-electron chi connectivity index (χ4n) is 2.03. The summed E-state index contributed by atoms with van der Waals surface area (Å²) in [6.07, 6.45) is 1.13. The molecule has 0 aliphatic carbocycles. The number of benzene rings is 2. The highest BCUT2D eigenvalue weighted by Gasteiger charge is 2.15. The molecule has 2 aromatic carbocycles. The van der Waals surface area contributed by atoms with Gasteiger partial charge in [0.1, 0.15) is 17.4 Å². The molecule has 2 rings (SSSR count). The Morgan fingerprint density at radius 3 is 2.54 bits per heavy atom. The second-order valence-corrected chi connectivity index (χ2v) is 5.40. The van der Waals surface area contributed by atoms with E-state index in [1.807, 2.05) is 0 Å². The second kappa shape index (κ2) is 8.00. The van der Waals surface area contributed by atoms with Gasteiger partial charge in [-0.3, -0.25) is 14.9 Å². The first-order valence-electron chi connectivity index (χ1n) is 7.08. The largest absolute Gasteiger partial charge is 0.865 e. The van der Waals surface area contributed by atoms with Gasteiger partial charge >= 0.3 is 0 Å². The van der Waals surface area contributed by atoms with Gasteiger partial charge in [-0.05, 0) is 42.0 Å². The molecule has 0 radical (unpaired) electrons. The number of amides is 1. The summed E-state index contributed by atoms with van der Waals surface area (Å²) in [5.74, 6) is -1.87. The van der Waals surface area contributed by atoms with Crippen LogP contribution in [0.3, 0.4) is 0 Å². The summed E-state index contributed by atoms with van der Waals surface area (Å²) < 4.78 is 4.82. The molecule has 2 aromatic rings. The van der Waals surface area contributed by atoms with Crippen molar-refractivity contribution in [2.75, 3.05) is 12.4 Å². The Bertz CT molecular complexity index is 933. The summed E-state index contributed by atoms with van der Waals surface area (Å²) in [6.45, 7) is 0. The lowest BCUT2D eigenvalue weighted by Gasteiger charge is -2.13. The zero-order valence-corrected chi connectivity index (χ0v) is 14.1. The SMILES string of the molecule is COc1cc(/C=C(\C#N)C(=O)Nc2ccc(Cl)cc2)cc([N+](=O)[O-])c1[O-]. The summed E-state index contributed by atoms with van der Waals surface area (Å²) in [4.78, 5) is 22.3. The van der Waals surface area contributed by atoms with E-state index in [2.05, 4.69) is 5.32 Å². The molecule has 0 bridgehead atoms. The fourth-order valence-corrected chi connectivity index (χ4v) is 2.15. The van der Waals surface area contributed by atoms with Crippen LogP contribution in [0.15, 0.2) is 42.0 Å². The molecule has 0 spiro atoms. The minimum absolute atomic E-state index is 0.107. The molecule has 0 unspecified atom stereocenters. The summed E-state index contributed by atoms with van der Waals surface area (Å²) >= 11 is 5.76. The van der Waals surface area contributed by atoms with Crippen molar-refractivity contribution in [3.8, 4) is 17.6 Å². The lowest BCUT2D eigenvalue weighted by molar-refractivity contribution is -0.398. The van der Waals surface area contributed by atoms with Gasteiger partial charge < -0.3 is 15.2 Å². The number of nitro benzene ring substituents is 1. The number of hydrogen-bond donors (Lipinski definition) is 1. The molecular weight excluding hydrogens is 362 g/mol. The molecule has 0 saturated heterocycles. The number of nitrogens with zero attached hydrogens (tertiary/aromatic N) is 2. The molecule has 26 heavy (non-hydrogen) atoms. The van der Waals surface area contributed by atoms with Crippen LogP contribution in [-0.2, 0) is 4.79 Å². The van der Waals surface area contributed by atoms with Crippen LogP contribution in [0, 0.1) is 21.4 Å². The Balaban J connectivity index is 2.37. The molecule has 9 heteroatoms. The third kappa shape index (κ3) is 4.28. The first-order valence-corrected chi connectivity index (χ1v) is 7.45. The van der Waals surface area contributed by atoms with Gasteiger partial charge in [-0.15, -0.1) is 0 Å². The van der Waals surface area contributed by atoms with Gasteiger partial charge in [0.2, 0.25) is 0 Å². The summed E-state index contributed by atoms with van der Waals surface area (Å²) in [5, 5.41) is 35.0. The molecule has 0 saturated carbocycles. The Labute approximate surface area is 153 Å². The molecular formula is C17H11ClN3O5-. The van der Waals surface area contributed by atoms with Gasteiger partial charge in [-0.1, -0.05) is 11.6 Å². The van der Waals surface area contributed by atoms with E-state index < -0.39 is 22.3 Å². The van der Waals surface area contributed by atoms with E-state index in [-0.39, 0.29) is 16.9 Å². The average molecular weight is 373 g/mol. The number of rotatable bonds is 5. The van der Waals surface area contributed by atoms with Crippen LogP contribution in [-0.4, -0.2) is 17.9 Å². The fraction of sp³-hybridized carbons (Fsp3) is 0.0588. The average Bonchev–Trinajstić information content (AvgIpc) is 2.62. The Morgan fingerprint density at radius 2 is 2.00 bits per heavy atom. The van der Waals surface area contributed by atoms with Gasteiger partial charge in [0.05, 0.1) is 12.0 Å². The van der Waals surface area contributed by atoms with Crippen molar-refractivity contribution < 1.29 is 19.6 Å². The molecule has 132 valence electrons. The maximum atomic E-state index is 12.2. The Hall–Kier alpha value is -3.57. The maximum absolute atomic E-state index is 12.2. The van der Waals surface area contributed by atoms with Crippen molar-refractivity contribution in [2.45, 2.75) is 0 Å².